The monoisotopic (exact) mass is 624 g/mol. The number of benzene rings is 4. The van der Waals surface area contributed by atoms with E-state index in [1.807, 2.05) is 60.9 Å². The van der Waals surface area contributed by atoms with Crippen molar-refractivity contribution in [2.75, 3.05) is 0 Å². The second-order valence-electron chi connectivity index (χ2n) is 12.0. The number of rotatable bonds is 9. The third-order valence-corrected chi connectivity index (χ3v) is 8.85. The van der Waals surface area contributed by atoms with Crippen molar-refractivity contribution in [1.29, 1.82) is 0 Å². The summed E-state index contributed by atoms with van der Waals surface area (Å²) in [4.78, 5) is 21.1. The van der Waals surface area contributed by atoms with E-state index in [0.29, 0.717) is 18.7 Å². The van der Waals surface area contributed by atoms with Crippen molar-refractivity contribution in [1.82, 2.24) is 19.9 Å². The van der Waals surface area contributed by atoms with Gasteiger partial charge >= 0.3 is 0 Å². The van der Waals surface area contributed by atoms with Crippen molar-refractivity contribution in [2.24, 2.45) is 5.92 Å². The Morgan fingerprint density at radius 1 is 0.851 bits per heavy atom. The number of aliphatic hydroxyl groups excluding tert-OH is 1. The Morgan fingerprint density at radius 3 is 2.45 bits per heavy atom. The first kappa shape index (κ1) is 30.5. The summed E-state index contributed by atoms with van der Waals surface area (Å²) in [7, 11) is 0. The molecule has 0 bridgehead atoms. The van der Waals surface area contributed by atoms with E-state index in [1.54, 1.807) is 24.5 Å². The molecule has 4 aromatic carbocycles. The minimum absolute atomic E-state index is 0.00127. The van der Waals surface area contributed by atoms with E-state index >= 15 is 0 Å². The summed E-state index contributed by atoms with van der Waals surface area (Å²) in [6, 6.07) is 36.0. The van der Waals surface area contributed by atoms with Crippen molar-refractivity contribution in [3.63, 3.8) is 0 Å². The fraction of sp³-hybridized carbons (Fsp3) is 0.205. The highest BCUT2D eigenvalue weighted by Gasteiger charge is 2.38. The highest BCUT2D eigenvalue weighted by atomic mass is 16.7. The van der Waals surface area contributed by atoms with E-state index in [0.717, 1.165) is 44.4 Å². The van der Waals surface area contributed by atoms with Crippen molar-refractivity contribution >= 4 is 16.9 Å². The van der Waals surface area contributed by atoms with Crippen LogP contribution in [-0.2, 0) is 29.2 Å². The fourth-order valence-electron chi connectivity index (χ4n) is 6.15. The molecule has 6 aromatic rings. The third-order valence-electron chi connectivity index (χ3n) is 8.85. The Kier molecular flexibility index (Phi) is 8.88. The van der Waals surface area contributed by atoms with Crippen LogP contribution < -0.4 is 5.32 Å². The largest absolute Gasteiger partial charge is 0.392 e. The second kappa shape index (κ2) is 13.7. The molecule has 2 N–H and O–H groups in total. The van der Waals surface area contributed by atoms with Crippen molar-refractivity contribution in [3.05, 3.63) is 156 Å². The zero-order chi connectivity index (χ0) is 32.2. The number of carbonyl (C=O) groups is 1. The van der Waals surface area contributed by atoms with Crippen molar-refractivity contribution in [2.45, 2.75) is 45.1 Å². The zero-order valence-corrected chi connectivity index (χ0v) is 26.1. The van der Waals surface area contributed by atoms with Crippen LogP contribution in [-0.4, -0.2) is 31.7 Å². The molecule has 7 rings (SSSR count). The molecule has 0 radical (unpaired) electrons. The lowest BCUT2D eigenvalue weighted by atomic mass is 9.90. The highest BCUT2D eigenvalue weighted by Crippen LogP contribution is 2.42. The first-order chi connectivity index (χ1) is 23.1. The molecule has 0 aliphatic carbocycles. The van der Waals surface area contributed by atoms with Gasteiger partial charge in [-0.05, 0) is 58.1 Å². The molecule has 236 valence electrons. The number of ether oxygens (including phenoxy) is 2. The molecule has 8 heteroatoms. The molecule has 1 aliphatic heterocycles. The number of aliphatic hydroxyl groups is 1. The standard InChI is InChI=1S/C39H36N4O4/c1-26-36(23-43-25-42-34-9-2-3-10-35(34)43)46-39(47-37(26)30-13-11-27(24-44)12-14-30)31-17-15-29(16-18-31)32-7-4-6-28(20-32)21-41-38(45)33-8-5-19-40-22-33/h2-20,22,25-26,36-37,39,44H,21,23-24H2,1H3,(H,41,45)/t26-,36+,37+,39+/m1/s1. The van der Waals surface area contributed by atoms with Gasteiger partial charge in [-0.25, -0.2) is 4.98 Å². The number of hydrogen-bond acceptors (Lipinski definition) is 6. The summed E-state index contributed by atoms with van der Waals surface area (Å²) in [5.41, 5.74) is 8.50. The van der Waals surface area contributed by atoms with Crippen LogP contribution in [0, 0.1) is 5.92 Å². The summed E-state index contributed by atoms with van der Waals surface area (Å²) in [6.07, 6.45) is 4.16. The van der Waals surface area contributed by atoms with Crippen LogP contribution in [0.5, 0.6) is 0 Å². The SMILES string of the molecule is C[C@@H]1[C@H](Cn2cnc3ccccc32)O[C@H](c2ccc(-c3cccc(CNC(=O)c4cccnc4)c3)cc2)O[C@@H]1c1ccc(CO)cc1. The summed E-state index contributed by atoms with van der Waals surface area (Å²) >= 11 is 0. The van der Waals surface area contributed by atoms with E-state index in [4.69, 9.17) is 9.47 Å². The quantitative estimate of drug-likeness (QED) is 0.180. The van der Waals surface area contributed by atoms with Gasteiger partial charge in [0.05, 0.1) is 48.3 Å². The number of nitrogens with one attached hydrogen (secondary N) is 1. The van der Waals surface area contributed by atoms with Gasteiger partial charge < -0.3 is 24.5 Å². The Bertz CT molecular complexity index is 1960. The van der Waals surface area contributed by atoms with Gasteiger partial charge in [0.15, 0.2) is 6.29 Å². The number of nitrogens with zero attached hydrogens (tertiary/aromatic N) is 3. The molecule has 1 saturated heterocycles. The molecule has 0 unspecified atom stereocenters. The molecule has 4 atom stereocenters. The van der Waals surface area contributed by atoms with Crippen LogP contribution in [0.1, 0.15) is 51.9 Å². The van der Waals surface area contributed by atoms with Gasteiger partial charge in [0.1, 0.15) is 0 Å². The van der Waals surface area contributed by atoms with Crippen molar-refractivity contribution in [3.8, 4) is 11.1 Å². The van der Waals surface area contributed by atoms with Crippen LogP contribution in [0.25, 0.3) is 22.2 Å². The fourth-order valence-corrected chi connectivity index (χ4v) is 6.15. The number of carbonyl (C=O) groups excluding carboxylic acids is 1. The molecule has 47 heavy (non-hydrogen) atoms. The zero-order valence-electron chi connectivity index (χ0n) is 26.1. The van der Waals surface area contributed by atoms with Crippen LogP contribution in [0.15, 0.2) is 128 Å². The van der Waals surface area contributed by atoms with Gasteiger partial charge in [0, 0.05) is 30.4 Å². The second-order valence-corrected chi connectivity index (χ2v) is 12.0. The van der Waals surface area contributed by atoms with Gasteiger partial charge in [0.25, 0.3) is 5.91 Å². The molecular weight excluding hydrogens is 588 g/mol. The van der Waals surface area contributed by atoms with Gasteiger partial charge in [-0.1, -0.05) is 85.8 Å². The Hall–Kier alpha value is -5.15. The predicted molar refractivity (Wildman–Crippen MR) is 180 cm³/mol. The van der Waals surface area contributed by atoms with Crippen LogP contribution in [0.4, 0.5) is 0 Å². The summed E-state index contributed by atoms with van der Waals surface area (Å²) < 4.78 is 15.5. The van der Waals surface area contributed by atoms with Gasteiger partial charge in [-0.3, -0.25) is 9.78 Å². The van der Waals surface area contributed by atoms with Crippen LogP contribution >= 0.6 is 0 Å². The number of pyridine rings is 1. The van der Waals surface area contributed by atoms with Crippen LogP contribution in [0.2, 0.25) is 0 Å². The maximum Gasteiger partial charge on any atom is 0.253 e. The topological polar surface area (TPSA) is 98.5 Å². The van der Waals surface area contributed by atoms with Crippen LogP contribution in [0.3, 0.4) is 0 Å². The lowest BCUT2D eigenvalue weighted by Gasteiger charge is -2.41. The number of amides is 1. The summed E-state index contributed by atoms with van der Waals surface area (Å²) in [6.45, 7) is 3.21. The van der Waals surface area contributed by atoms with Gasteiger partial charge in [-0.2, -0.15) is 0 Å². The number of para-hydroxylation sites is 2. The number of aromatic nitrogens is 3. The molecule has 3 heterocycles. The Labute approximate surface area is 273 Å². The molecular formula is C39H36N4O4. The summed E-state index contributed by atoms with van der Waals surface area (Å²) in [5, 5.41) is 12.6. The maximum atomic E-state index is 12.5. The van der Waals surface area contributed by atoms with E-state index in [9.17, 15) is 9.90 Å². The Balaban J connectivity index is 1.11. The third kappa shape index (κ3) is 6.71. The average Bonchev–Trinajstić information content (AvgIpc) is 3.54. The summed E-state index contributed by atoms with van der Waals surface area (Å²) in [5.74, 6) is -0.107. The molecule has 0 saturated carbocycles. The minimum Gasteiger partial charge on any atom is -0.392 e. The predicted octanol–water partition coefficient (Wildman–Crippen LogP) is 7.01. The van der Waals surface area contributed by atoms with E-state index < -0.39 is 6.29 Å². The number of hydrogen-bond donors (Lipinski definition) is 2. The first-order valence-corrected chi connectivity index (χ1v) is 15.8. The molecule has 1 amide bonds. The van der Waals surface area contributed by atoms with E-state index in [1.165, 1.54) is 0 Å². The maximum absolute atomic E-state index is 12.5. The van der Waals surface area contributed by atoms with Gasteiger partial charge in [0.2, 0.25) is 0 Å². The highest BCUT2D eigenvalue weighted by molar-refractivity contribution is 5.93. The lowest BCUT2D eigenvalue weighted by molar-refractivity contribution is -0.276. The van der Waals surface area contributed by atoms with E-state index in [2.05, 4.69) is 69.2 Å². The smallest absolute Gasteiger partial charge is 0.253 e. The molecule has 1 fully saturated rings. The molecule has 1 aliphatic rings. The molecule has 2 aromatic heterocycles. The first-order valence-electron chi connectivity index (χ1n) is 15.8. The Morgan fingerprint density at radius 2 is 1.66 bits per heavy atom. The van der Waals surface area contributed by atoms with E-state index in [-0.39, 0.29) is 30.6 Å². The van der Waals surface area contributed by atoms with Crippen molar-refractivity contribution < 1.29 is 19.4 Å². The lowest BCUT2D eigenvalue weighted by Crippen LogP contribution is -2.39. The average molecular weight is 625 g/mol. The normalized spacial score (nSPS) is 19.4. The minimum atomic E-state index is -0.573. The molecule has 8 nitrogen and oxygen atoms in total. The number of fused-ring (bicyclic) bond motifs is 1. The molecule has 0 spiro atoms. The number of imidazole rings is 1. The van der Waals surface area contributed by atoms with Gasteiger partial charge in [-0.15, -0.1) is 0 Å².